The molecule has 1 heterocycles. The first-order valence-electron chi connectivity index (χ1n) is 7.84. The Bertz CT molecular complexity index is 407. The molecular formula is C17H25NO. The lowest BCUT2D eigenvalue weighted by Gasteiger charge is -2.32. The van der Waals surface area contributed by atoms with Gasteiger partial charge in [-0.25, -0.2) is 0 Å². The summed E-state index contributed by atoms with van der Waals surface area (Å²) < 4.78 is 5.95. The van der Waals surface area contributed by atoms with Crippen LogP contribution in [-0.4, -0.2) is 19.3 Å². The molecule has 1 aliphatic heterocycles. The van der Waals surface area contributed by atoms with Crippen LogP contribution in [0.2, 0.25) is 0 Å². The van der Waals surface area contributed by atoms with Crippen LogP contribution < -0.4 is 5.32 Å². The van der Waals surface area contributed by atoms with Gasteiger partial charge in [-0.2, -0.15) is 0 Å². The molecule has 0 spiro atoms. The first kappa shape index (κ1) is 13.1. The predicted octanol–water partition coefficient (Wildman–Crippen LogP) is 3.78. The number of likely N-dealkylation sites (N-methyl/N-ethyl adjacent to an activating group) is 1. The SMILES string of the molecule is CCNC(c1ccccc1C1CCC1)C1CCCO1. The Balaban J connectivity index is 1.87. The smallest absolute Gasteiger partial charge is 0.0770 e. The highest BCUT2D eigenvalue weighted by atomic mass is 16.5. The lowest BCUT2D eigenvalue weighted by molar-refractivity contribution is 0.0783. The molecule has 19 heavy (non-hydrogen) atoms. The van der Waals surface area contributed by atoms with Crippen molar-refractivity contribution in [2.75, 3.05) is 13.2 Å². The van der Waals surface area contributed by atoms with Crippen LogP contribution in [0.15, 0.2) is 24.3 Å². The molecule has 2 unspecified atom stereocenters. The Morgan fingerprint density at radius 1 is 1.21 bits per heavy atom. The van der Waals surface area contributed by atoms with Crippen LogP contribution in [-0.2, 0) is 4.74 Å². The van der Waals surface area contributed by atoms with Crippen LogP contribution >= 0.6 is 0 Å². The molecule has 0 aromatic heterocycles. The second kappa shape index (κ2) is 6.06. The van der Waals surface area contributed by atoms with Crippen LogP contribution in [0.3, 0.4) is 0 Å². The second-order valence-corrected chi connectivity index (χ2v) is 5.84. The molecule has 1 N–H and O–H groups in total. The zero-order chi connectivity index (χ0) is 13.1. The molecule has 2 aliphatic rings. The van der Waals surface area contributed by atoms with E-state index < -0.39 is 0 Å². The van der Waals surface area contributed by atoms with Crippen LogP contribution in [0.4, 0.5) is 0 Å². The lowest BCUT2D eigenvalue weighted by atomic mass is 9.76. The summed E-state index contributed by atoms with van der Waals surface area (Å²) in [5.41, 5.74) is 3.05. The predicted molar refractivity (Wildman–Crippen MR) is 78.4 cm³/mol. The maximum absolute atomic E-state index is 5.95. The van der Waals surface area contributed by atoms with E-state index in [9.17, 15) is 0 Å². The van der Waals surface area contributed by atoms with Gasteiger partial charge in [-0.1, -0.05) is 37.6 Å². The van der Waals surface area contributed by atoms with Gasteiger partial charge in [0.05, 0.1) is 12.1 Å². The molecule has 1 saturated carbocycles. The Labute approximate surface area is 116 Å². The van der Waals surface area contributed by atoms with E-state index in [-0.39, 0.29) is 0 Å². The van der Waals surface area contributed by atoms with E-state index in [0.717, 1.165) is 19.1 Å². The van der Waals surface area contributed by atoms with Gasteiger partial charge < -0.3 is 10.1 Å². The summed E-state index contributed by atoms with van der Waals surface area (Å²) in [5, 5.41) is 3.66. The van der Waals surface area contributed by atoms with Crippen molar-refractivity contribution in [2.24, 2.45) is 0 Å². The highest BCUT2D eigenvalue weighted by Crippen LogP contribution is 2.41. The van der Waals surface area contributed by atoms with E-state index in [1.54, 1.807) is 5.56 Å². The molecule has 1 aromatic rings. The molecule has 3 rings (SSSR count). The molecule has 2 heteroatoms. The number of ether oxygens (including phenoxy) is 1. The maximum atomic E-state index is 5.95. The second-order valence-electron chi connectivity index (χ2n) is 5.84. The minimum atomic E-state index is 0.362. The van der Waals surface area contributed by atoms with Gasteiger partial charge in [-0.3, -0.25) is 0 Å². The number of nitrogens with one attached hydrogen (secondary N) is 1. The minimum absolute atomic E-state index is 0.362. The van der Waals surface area contributed by atoms with Crippen molar-refractivity contribution in [1.82, 2.24) is 5.32 Å². The average molecular weight is 259 g/mol. The largest absolute Gasteiger partial charge is 0.376 e. The lowest BCUT2D eigenvalue weighted by Crippen LogP contribution is -2.33. The van der Waals surface area contributed by atoms with Crippen molar-refractivity contribution in [3.63, 3.8) is 0 Å². The third-order valence-corrected chi connectivity index (χ3v) is 4.64. The highest BCUT2D eigenvalue weighted by molar-refractivity contribution is 5.35. The summed E-state index contributed by atoms with van der Waals surface area (Å²) in [7, 11) is 0. The van der Waals surface area contributed by atoms with E-state index in [2.05, 4.69) is 36.5 Å². The zero-order valence-corrected chi connectivity index (χ0v) is 11.9. The Morgan fingerprint density at radius 2 is 2.05 bits per heavy atom. The van der Waals surface area contributed by atoms with Crippen molar-refractivity contribution in [3.05, 3.63) is 35.4 Å². The van der Waals surface area contributed by atoms with Crippen molar-refractivity contribution in [2.45, 2.75) is 57.1 Å². The fourth-order valence-electron chi connectivity index (χ4n) is 3.41. The van der Waals surface area contributed by atoms with Crippen LogP contribution in [0.5, 0.6) is 0 Å². The Kier molecular flexibility index (Phi) is 4.19. The standard InChI is InChI=1S/C17H25NO/c1-2-18-17(16-11-6-12-19-16)15-10-4-3-9-14(15)13-7-5-8-13/h3-4,9-10,13,16-18H,2,5-8,11-12H2,1H3. The molecule has 104 valence electrons. The average Bonchev–Trinajstić information content (AvgIpc) is 2.88. The number of benzene rings is 1. The van der Waals surface area contributed by atoms with Crippen LogP contribution in [0.1, 0.15) is 62.1 Å². The monoisotopic (exact) mass is 259 g/mol. The first-order chi connectivity index (χ1) is 9.40. The van der Waals surface area contributed by atoms with Crippen LogP contribution in [0, 0.1) is 0 Å². The molecule has 2 atom stereocenters. The van der Waals surface area contributed by atoms with Crippen LogP contribution in [0.25, 0.3) is 0 Å². The number of hydrogen-bond donors (Lipinski definition) is 1. The first-order valence-corrected chi connectivity index (χ1v) is 7.84. The fourth-order valence-corrected chi connectivity index (χ4v) is 3.41. The quantitative estimate of drug-likeness (QED) is 0.869. The van der Waals surface area contributed by atoms with E-state index >= 15 is 0 Å². The van der Waals surface area contributed by atoms with Crippen molar-refractivity contribution < 1.29 is 4.74 Å². The van der Waals surface area contributed by atoms with Gasteiger partial charge in [0.25, 0.3) is 0 Å². The van der Waals surface area contributed by atoms with Gasteiger partial charge in [0.1, 0.15) is 0 Å². The molecule has 0 bridgehead atoms. The van der Waals surface area contributed by atoms with Gasteiger partial charge in [0, 0.05) is 6.61 Å². The van der Waals surface area contributed by atoms with Gasteiger partial charge in [0.15, 0.2) is 0 Å². The van der Waals surface area contributed by atoms with Crippen molar-refractivity contribution >= 4 is 0 Å². The summed E-state index contributed by atoms with van der Waals surface area (Å²) in [6, 6.07) is 9.39. The molecular weight excluding hydrogens is 234 g/mol. The molecule has 1 aromatic carbocycles. The molecule has 2 nitrogen and oxygen atoms in total. The maximum Gasteiger partial charge on any atom is 0.0770 e. The molecule has 1 aliphatic carbocycles. The van der Waals surface area contributed by atoms with Gasteiger partial charge in [-0.05, 0) is 49.3 Å². The number of hydrogen-bond acceptors (Lipinski definition) is 2. The molecule has 2 fully saturated rings. The third kappa shape index (κ3) is 2.70. The molecule has 0 amide bonds. The summed E-state index contributed by atoms with van der Waals surface area (Å²) >= 11 is 0. The summed E-state index contributed by atoms with van der Waals surface area (Å²) in [6.07, 6.45) is 6.88. The highest BCUT2D eigenvalue weighted by Gasteiger charge is 2.31. The molecule has 0 radical (unpaired) electrons. The van der Waals surface area contributed by atoms with Crippen molar-refractivity contribution in [1.29, 1.82) is 0 Å². The Morgan fingerprint density at radius 3 is 2.68 bits per heavy atom. The summed E-state index contributed by atoms with van der Waals surface area (Å²) in [5.74, 6) is 0.791. The van der Waals surface area contributed by atoms with Crippen molar-refractivity contribution in [3.8, 4) is 0 Å². The van der Waals surface area contributed by atoms with E-state index in [0.29, 0.717) is 12.1 Å². The van der Waals surface area contributed by atoms with E-state index in [1.807, 2.05) is 0 Å². The summed E-state index contributed by atoms with van der Waals surface area (Å²) in [6.45, 7) is 4.12. The number of rotatable bonds is 5. The van der Waals surface area contributed by atoms with Gasteiger partial charge in [-0.15, -0.1) is 0 Å². The van der Waals surface area contributed by atoms with E-state index in [1.165, 1.54) is 37.7 Å². The normalized spacial score (nSPS) is 25.2. The minimum Gasteiger partial charge on any atom is -0.376 e. The zero-order valence-electron chi connectivity index (χ0n) is 11.9. The van der Waals surface area contributed by atoms with E-state index in [4.69, 9.17) is 4.74 Å². The van der Waals surface area contributed by atoms with Gasteiger partial charge >= 0.3 is 0 Å². The summed E-state index contributed by atoms with van der Waals surface area (Å²) in [4.78, 5) is 0. The third-order valence-electron chi connectivity index (χ3n) is 4.64. The molecule has 1 saturated heterocycles. The van der Waals surface area contributed by atoms with Gasteiger partial charge in [0.2, 0.25) is 0 Å². The Hall–Kier alpha value is -0.860. The fraction of sp³-hybridized carbons (Fsp3) is 0.647. The topological polar surface area (TPSA) is 21.3 Å².